The van der Waals surface area contributed by atoms with E-state index in [4.69, 9.17) is 5.11 Å². The SMILES string of the molecule is O=C(O)c1cnc2c(Br)nc(Br)cn12. The number of hydrogen-bond donors (Lipinski definition) is 1. The standard InChI is InChI=1S/C7H3Br2N3O2/c8-4-2-12-3(7(13)14)1-10-6(12)5(9)11-4/h1-2H,(H,13,14). The summed E-state index contributed by atoms with van der Waals surface area (Å²) in [6.07, 6.45) is 2.84. The van der Waals surface area contributed by atoms with Gasteiger partial charge in [0.05, 0.1) is 6.20 Å². The summed E-state index contributed by atoms with van der Waals surface area (Å²) in [6, 6.07) is 0. The van der Waals surface area contributed by atoms with E-state index in [-0.39, 0.29) is 5.69 Å². The Morgan fingerprint density at radius 1 is 1.50 bits per heavy atom. The van der Waals surface area contributed by atoms with Gasteiger partial charge in [-0.1, -0.05) is 0 Å². The molecule has 5 nitrogen and oxygen atoms in total. The number of carboxylic acids is 1. The van der Waals surface area contributed by atoms with Gasteiger partial charge in [-0.3, -0.25) is 4.40 Å². The second kappa shape index (κ2) is 3.32. The minimum absolute atomic E-state index is 0.101. The maximum Gasteiger partial charge on any atom is 0.354 e. The number of aromatic nitrogens is 3. The van der Waals surface area contributed by atoms with Crippen LogP contribution in [0.1, 0.15) is 10.5 Å². The van der Waals surface area contributed by atoms with Crippen LogP contribution in [0.3, 0.4) is 0 Å². The first-order valence-corrected chi connectivity index (χ1v) is 5.10. The number of imidazole rings is 1. The lowest BCUT2D eigenvalue weighted by molar-refractivity contribution is 0.0689. The molecule has 2 aromatic rings. The van der Waals surface area contributed by atoms with Crippen LogP contribution in [0.25, 0.3) is 5.65 Å². The largest absolute Gasteiger partial charge is 0.477 e. The predicted octanol–water partition coefficient (Wildman–Crippen LogP) is 1.95. The van der Waals surface area contributed by atoms with Crippen molar-refractivity contribution in [2.24, 2.45) is 0 Å². The van der Waals surface area contributed by atoms with Gasteiger partial charge in [0.2, 0.25) is 0 Å². The number of rotatable bonds is 1. The summed E-state index contributed by atoms with van der Waals surface area (Å²) >= 11 is 6.36. The molecule has 1 N–H and O–H groups in total. The van der Waals surface area contributed by atoms with E-state index in [9.17, 15) is 4.79 Å². The zero-order valence-corrected chi connectivity index (χ0v) is 9.78. The van der Waals surface area contributed by atoms with E-state index < -0.39 is 5.97 Å². The molecule has 0 atom stereocenters. The second-order valence-electron chi connectivity index (χ2n) is 2.50. The van der Waals surface area contributed by atoms with Crippen molar-refractivity contribution in [2.75, 3.05) is 0 Å². The summed E-state index contributed by atoms with van der Waals surface area (Å²) in [5.74, 6) is -1.03. The van der Waals surface area contributed by atoms with E-state index in [0.29, 0.717) is 14.9 Å². The van der Waals surface area contributed by atoms with Gasteiger partial charge in [-0.15, -0.1) is 0 Å². The lowest BCUT2D eigenvalue weighted by atomic mass is 10.5. The molecule has 2 aromatic heterocycles. The van der Waals surface area contributed by atoms with Gasteiger partial charge in [0.1, 0.15) is 4.60 Å². The van der Waals surface area contributed by atoms with Crippen molar-refractivity contribution in [1.29, 1.82) is 0 Å². The Morgan fingerprint density at radius 2 is 2.21 bits per heavy atom. The Kier molecular flexibility index (Phi) is 2.28. The molecule has 2 rings (SSSR count). The monoisotopic (exact) mass is 319 g/mol. The molecule has 0 aliphatic carbocycles. The van der Waals surface area contributed by atoms with Crippen LogP contribution >= 0.6 is 31.9 Å². The van der Waals surface area contributed by atoms with Crippen LogP contribution in [0.4, 0.5) is 0 Å². The summed E-state index contributed by atoms with van der Waals surface area (Å²) < 4.78 is 2.49. The van der Waals surface area contributed by atoms with Crippen LogP contribution in [-0.4, -0.2) is 25.4 Å². The Balaban J connectivity index is 2.85. The van der Waals surface area contributed by atoms with Crippen LogP contribution in [-0.2, 0) is 0 Å². The first-order chi connectivity index (χ1) is 6.59. The molecule has 0 unspecified atom stereocenters. The summed E-state index contributed by atoms with van der Waals surface area (Å²) in [5, 5.41) is 8.84. The van der Waals surface area contributed by atoms with Crippen LogP contribution in [0.15, 0.2) is 21.6 Å². The number of halogens is 2. The smallest absolute Gasteiger partial charge is 0.354 e. The van der Waals surface area contributed by atoms with Gasteiger partial charge in [0.25, 0.3) is 0 Å². The molecule has 0 aliphatic rings. The third-order valence-electron chi connectivity index (χ3n) is 1.64. The molecular weight excluding hydrogens is 318 g/mol. The molecule has 0 radical (unpaired) electrons. The van der Waals surface area contributed by atoms with Gasteiger partial charge in [-0.05, 0) is 31.9 Å². The lowest BCUT2D eigenvalue weighted by Crippen LogP contribution is -2.02. The summed E-state index contributed by atoms with van der Waals surface area (Å²) in [6.45, 7) is 0. The van der Waals surface area contributed by atoms with Crippen molar-refractivity contribution in [3.8, 4) is 0 Å². The van der Waals surface area contributed by atoms with E-state index >= 15 is 0 Å². The molecule has 2 heterocycles. The molecule has 0 aliphatic heterocycles. The number of carboxylic acid groups (broad SMARTS) is 1. The quantitative estimate of drug-likeness (QED) is 0.872. The third kappa shape index (κ3) is 1.42. The summed E-state index contributed by atoms with van der Waals surface area (Å²) in [5.41, 5.74) is 0.578. The molecule has 72 valence electrons. The minimum Gasteiger partial charge on any atom is -0.477 e. The van der Waals surface area contributed by atoms with E-state index in [1.54, 1.807) is 6.20 Å². The number of fused-ring (bicyclic) bond motifs is 1. The fraction of sp³-hybridized carbons (Fsp3) is 0. The maximum atomic E-state index is 10.8. The van der Waals surface area contributed by atoms with Gasteiger partial charge in [0, 0.05) is 6.20 Å². The van der Waals surface area contributed by atoms with E-state index in [1.807, 2.05) is 0 Å². The second-order valence-corrected chi connectivity index (χ2v) is 4.06. The molecule has 0 spiro atoms. The molecule has 0 aromatic carbocycles. The Hall–Kier alpha value is -0.950. The van der Waals surface area contributed by atoms with Crippen molar-refractivity contribution in [2.45, 2.75) is 0 Å². The van der Waals surface area contributed by atoms with E-state index in [0.717, 1.165) is 0 Å². The third-order valence-corrected chi connectivity index (χ3v) is 2.56. The molecule has 0 fully saturated rings. The molecular formula is C7H3Br2N3O2. The van der Waals surface area contributed by atoms with Crippen LogP contribution in [0, 0.1) is 0 Å². The van der Waals surface area contributed by atoms with Crippen LogP contribution < -0.4 is 0 Å². The minimum atomic E-state index is -1.03. The van der Waals surface area contributed by atoms with Gasteiger partial charge in [0.15, 0.2) is 15.9 Å². The Morgan fingerprint density at radius 3 is 2.86 bits per heavy atom. The Bertz CT molecular complexity index is 523. The molecule has 7 heteroatoms. The van der Waals surface area contributed by atoms with Crippen LogP contribution in [0.2, 0.25) is 0 Å². The van der Waals surface area contributed by atoms with Gasteiger partial charge >= 0.3 is 5.97 Å². The topological polar surface area (TPSA) is 67.5 Å². The van der Waals surface area contributed by atoms with Crippen molar-refractivity contribution in [3.05, 3.63) is 27.3 Å². The zero-order chi connectivity index (χ0) is 10.3. The molecule has 14 heavy (non-hydrogen) atoms. The van der Waals surface area contributed by atoms with E-state index in [1.165, 1.54) is 10.6 Å². The van der Waals surface area contributed by atoms with Gasteiger partial charge in [-0.25, -0.2) is 14.8 Å². The molecule has 0 amide bonds. The van der Waals surface area contributed by atoms with Gasteiger partial charge in [-0.2, -0.15) is 0 Å². The lowest BCUT2D eigenvalue weighted by Gasteiger charge is -1.98. The highest BCUT2D eigenvalue weighted by Crippen LogP contribution is 2.19. The average Bonchev–Trinajstić information content (AvgIpc) is 2.47. The maximum absolute atomic E-state index is 10.8. The van der Waals surface area contributed by atoms with E-state index in [2.05, 4.69) is 41.8 Å². The normalized spacial score (nSPS) is 10.7. The zero-order valence-electron chi connectivity index (χ0n) is 6.61. The number of nitrogens with zero attached hydrogens (tertiary/aromatic N) is 3. The highest BCUT2D eigenvalue weighted by atomic mass is 79.9. The molecule has 0 saturated carbocycles. The molecule has 0 bridgehead atoms. The first-order valence-electron chi connectivity index (χ1n) is 3.52. The van der Waals surface area contributed by atoms with Crippen molar-refractivity contribution in [3.63, 3.8) is 0 Å². The predicted molar refractivity (Wildman–Crippen MR) is 55.3 cm³/mol. The van der Waals surface area contributed by atoms with Crippen LogP contribution in [0.5, 0.6) is 0 Å². The highest BCUT2D eigenvalue weighted by molar-refractivity contribution is 9.11. The fourth-order valence-electron chi connectivity index (χ4n) is 1.08. The first kappa shape index (κ1) is 9.60. The fourth-order valence-corrected chi connectivity index (χ4v) is 2.19. The number of carbonyl (C=O) groups is 1. The Labute approximate surface area is 95.0 Å². The van der Waals surface area contributed by atoms with Crippen molar-refractivity contribution < 1.29 is 9.90 Å². The summed E-state index contributed by atoms with van der Waals surface area (Å²) in [4.78, 5) is 18.8. The van der Waals surface area contributed by atoms with Crippen molar-refractivity contribution >= 4 is 43.5 Å². The summed E-state index contributed by atoms with van der Waals surface area (Å²) in [7, 11) is 0. The highest BCUT2D eigenvalue weighted by Gasteiger charge is 2.13. The average molecular weight is 321 g/mol. The number of aromatic carboxylic acids is 1. The molecule has 0 saturated heterocycles. The van der Waals surface area contributed by atoms with Crippen molar-refractivity contribution in [1.82, 2.24) is 14.4 Å². The van der Waals surface area contributed by atoms with Gasteiger partial charge < -0.3 is 5.11 Å². The number of hydrogen-bond acceptors (Lipinski definition) is 3.